The van der Waals surface area contributed by atoms with Crippen LogP contribution in [0.5, 0.6) is 5.75 Å². The first-order valence-electron chi connectivity index (χ1n) is 5.79. The number of hydrogen-bond acceptors (Lipinski definition) is 3. The fourth-order valence-electron chi connectivity index (χ4n) is 1.55. The summed E-state index contributed by atoms with van der Waals surface area (Å²) in [5.74, 6) is 0.156. The van der Waals surface area contributed by atoms with Crippen molar-refractivity contribution in [3.8, 4) is 5.75 Å². The van der Waals surface area contributed by atoms with Crippen LogP contribution in [0.1, 0.15) is 32.4 Å². The molecule has 18 heavy (non-hydrogen) atoms. The average molecular weight is 259 g/mol. The highest BCUT2D eigenvalue weighted by Crippen LogP contribution is 2.26. The van der Waals surface area contributed by atoms with Gasteiger partial charge in [-0.05, 0) is 26.8 Å². The van der Waals surface area contributed by atoms with Gasteiger partial charge in [0.25, 0.3) is 0 Å². The van der Waals surface area contributed by atoms with Gasteiger partial charge < -0.3 is 15.2 Å². The number of hydrogen-bond donors (Lipinski definition) is 2. The molecular weight excluding hydrogens is 240 g/mol. The van der Waals surface area contributed by atoms with Gasteiger partial charge in [0.15, 0.2) is 0 Å². The topological polar surface area (TPSA) is 41.5 Å². The smallest absolute Gasteiger partial charge is 0.387 e. The van der Waals surface area contributed by atoms with Gasteiger partial charge in [0.05, 0.1) is 5.60 Å². The third-order valence-corrected chi connectivity index (χ3v) is 2.44. The molecule has 0 saturated carbocycles. The minimum atomic E-state index is -2.84. The molecule has 0 bridgehead atoms. The Hall–Kier alpha value is -1.20. The molecule has 0 saturated heterocycles. The Kier molecular flexibility index (Phi) is 5.04. The van der Waals surface area contributed by atoms with E-state index in [4.69, 9.17) is 0 Å². The molecule has 3 nitrogen and oxygen atoms in total. The second kappa shape index (κ2) is 6.11. The van der Waals surface area contributed by atoms with Gasteiger partial charge in [-0.25, -0.2) is 0 Å². The molecule has 0 aliphatic heterocycles. The normalized spacial score (nSPS) is 13.7. The lowest BCUT2D eigenvalue weighted by Gasteiger charge is -2.23. The van der Waals surface area contributed by atoms with Crippen molar-refractivity contribution < 1.29 is 18.6 Å². The quantitative estimate of drug-likeness (QED) is 0.825. The van der Waals surface area contributed by atoms with Gasteiger partial charge in [-0.15, -0.1) is 0 Å². The molecule has 1 unspecified atom stereocenters. The summed E-state index contributed by atoms with van der Waals surface area (Å²) in [4.78, 5) is 0. The Morgan fingerprint density at radius 3 is 2.50 bits per heavy atom. The summed E-state index contributed by atoms with van der Waals surface area (Å²) < 4.78 is 29.0. The Labute approximate surface area is 106 Å². The number of aliphatic hydroxyl groups is 1. The summed E-state index contributed by atoms with van der Waals surface area (Å²) in [5.41, 5.74) is -0.214. The first-order chi connectivity index (χ1) is 8.29. The summed E-state index contributed by atoms with van der Waals surface area (Å²) in [6, 6.07) is 6.44. The van der Waals surface area contributed by atoms with E-state index in [9.17, 15) is 13.9 Å². The Morgan fingerprint density at radius 1 is 1.33 bits per heavy atom. The van der Waals surface area contributed by atoms with E-state index in [-0.39, 0.29) is 11.8 Å². The molecular formula is C13H19F2NO2. The van der Waals surface area contributed by atoms with Crippen molar-refractivity contribution in [1.82, 2.24) is 5.32 Å². The van der Waals surface area contributed by atoms with Crippen molar-refractivity contribution in [3.05, 3.63) is 29.8 Å². The highest BCUT2D eigenvalue weighted by atomic mass is 19.3. The standard InChI is InChI=1S/C13H19F2NO2/c1-9(16-8-13(2,3)17)10-6-4-5-7-11(10)18-12(14)15/h4-7,9,12,16-17H,8H2,1-3H3. The third-order valence-electron chi connectivity index (χ3n) is 2.44. The molecule has 102 valence electrons. The Morgan fingerprint density at radius 2 is 1.94 bits per heavy atom. The zero-order chi connectivity index (χ0) is 13.8. The zero-order valence-corrected chi connectivity index (χ0v) is 10.8. The maximum Gasteiger partial charge on any atom is 0.387 e. The van der Waals surface area contributed by atoms with Gasteiger partial charge in [-0.1, -0.05) is 18.2 Å². The van der Waals surface area contributed by atoms with Crippen molar-refractivity contribution in [2.24, 2.45) is 0 Å². The maximum absolute atomic E-state index is 12.3. The molecule has 0 fully saturated rings. The van der Waals surface area contributed by atoms with Crippen LogP contribution in [-0.4, -0.2) is 23.9 Å². The van der Waals surface area contributed by atoms with Gasteiger partial charge in [0.2, 0.25) is 0 Å². The summed E-state index contributed by atoms with van der Waals surface area (Å²) in [5, 5.41) is 12.7. The number of alkyl halides is 2. The van der Waals surface area contributed by atoms with Crippen LogP contribution in [0.4, 0.5) is 8.78 Å². The van der Waals surface area contributed by atoms with Crippen LogP contribution in [0.2, 0.25) is 0 Å². The van der Waals surface area contributed by atoms with Gasteiger partial charge in [0, 0.05) is 18.2 Å². The number of para-hydroxylation sites is 1. The summed E-state index contributed by atoms with van der Waals surface area (Å²) in [6.45, 7) is 2.70. The van der Waals surface area contributed by atoms with Crippen LogP contribution in [0.15, 0.2) is 24.3 Å². The number of halogens is 2. The number of nitrogens with one attached hydrogen (secondary N) is 1. The highest BCUT2D eigenvalue weighted by molar-refractivity contribution is 5.35. The van der Waals surface area contributed by atoms with E-state index in [1.54, 1.807) is 32.0 Å². The van der Waals surface area contributed by atoms with Crippen molar-refractivity contribution in [1.29, 1.82) is 0 Å². The van der Waals surface area contributed by atoms with E-state index < -0.39 is 12.2 Å². The third kappa shape index (κ3) is 4.98. The second-order valence-electron chi connectivity index (χ2n) is 4.83. The first-order valence-corrected chi connectivity index (χ1v) is 5.79. The minimum Gasteiger partial charge on any atom is -0.434 e. The Bertz CT molecular complexity index is 377. The van der Waals surface area contributed by atoms with E-state index >= 15 is 0 Å². The lowest BCUT2D eigenvalue weighted by Crippen LogP contribution is -2.36. The van der Waals surface area contributed by atoms with Crippen molar-refractivity contribution >= 4 is 0 Å². The van der Waals surface area contributed by atoms with Crippen molar-refractivity contribution in [3.63, 3.8) is 0 Å². The molecule has 0 aromatic heterocycles. The largest absolute Gasteiger partial charge is 0.434 e. The molecule has 1 atom stereocenters. The summed E-state index contributed by atoms with van der Waals surface area (Å²) >= 11 is 0. The molecule has 1 aromatic rings. The fraction of sp³-hybridized carbons (Fsp3) is 0.538. The molecule has 2 N–H and O–H groups in total. The van der Waals surface area contributed by atoms with Gasteiger partial charge in [0.1, 0.15) is 5.75 Å². The van der Waals surface area contributed by atoms with Crippen LogP contribution in [0, 0.1) is 0 Å². The molecule has 0 spiro atoms. The van der Waals surface area contributed by atoms with Gasteiger partial charge in [-0.2, -0.15) is 8.78 Å². The molecule has 0 amide bonds. The summed E-state index contributed by atoms with van der Waals surface area (Å²) in [7, 11) is 0. The highest BCUT2D eigenvalue weighted by Gasteiger charge is 2.17. The predicted molar refractivity (Wildman–Crippen MR) is 65.8 cm³/mol. The number of ether oxygens (including phenoxy) is 1. The van der Waals surface area contributed by atoms with Crippen LogP contribution in [0.3, 0.4) is 0 Å². The van der Waals surface area contributed by atoms with E-state index in [2.05, 4.69) is 10.1 Å². The second-order valence-corrected chi connectivity index (χ2v) is 4.83. The van der Waals surface area contributed by atoms with E-state index in [0.717, 1.165) is 0 Å². The summed E-state index contributed by atoms with van der Waals surface area (Å²) in [6.07, 6.45) is 0. The number of benzene rings is 1. The molecule has 0 heterocycles. The van der Waals surface area contributed by atoms with Crippen LogP contribution in [0.25, 0.3) is 0 Å². The van der Waals surface area contributed by atoms with Crippen molar-refractivity contribution in [2.75, 3.05) is 6.54 Å². The van der Waals surface area contributed by atoms with E-state index in [1.165, 1.54) is 6.07 Å². The molecule has 1 rings (SSSR count). The zero-order valence-electron chi connectivity index (χ0n) is 10.8. The van der Waals surface area contributed by atoms with E-state index in [0.29, 0.717) is 12.1 Å². The lowest BCUT2D eigenvalue weighted by molar-refractivity contribution is -0.0507. The molecule has 0 aliphatic carbocycles. The maximum atomic E-state index is 12.3. The predicted octanol–water partition coefficient (Wildman–Crippen LogP) is 2.71. The molecule has 0 radical (unpaired) electrons. The van der Waals surface area contributed by atoms with Crippen LogP contribution in [-0.2, 0) is 0 Å². The monoisotopic (exact) mass is 259 g/mol. The molecule has 1 aromatic carbocycles. The fourth-order valence-corrected chi connectivity index (χ4v) is 1.55. The van der Waals surface area contributed by atoms with Crippen LogP contribution < -0.4 is 10.1 Å². The average Bonchev–Trinajstić information content (AvgIpc) is 2.25. The molecule has 0 aliphatic rings. The first kappa shape index (κ1) is 14.9. The van der Waals surface area contributed by atoms with Gasteiger partial charge in [-0.3, -0.25) is 0 Å². The van der Waals surface area contributed by atoms with Crippen molar-refractivity contribution in [2.45, 2.75) is 39.0 Å². The SMILES string of the molecule is CC(NCC(C)(C)O)c1ccccc1OC(F)F. The van der Waals surface area contributed by atoms with E-state index in [1.807, 2.05) is 6.92 Å². The Balaban J connectivity index is 2.75. The lowest BCUT2D eigenvalue weighted by atomic mass is 10.1. The number of rotatable bonds is 6. The minimum absolute atomic E-state index is 0.156. The van der Waals surface area contributed by atoms with Crippen LogP contribution >= 0.6 is 0 Å². The molecule has 5 heteroatoms. The van der Waals surface area contributed by atoms with Gasteiger partial charge >= 0.3 is 6.61 Å².